The second-order valence-electron chi connectivity index (χ2n) is 19.6. The highest BCUT2D eigenvalue weighted by atomic mass is 32.3. The third kappa shape index (κ3) is 5.68. The van der Waals surface area contributed by atoms with E-state index in [1.54, 1.807) is 0 Å². The number of hydrogen-bond acceptors (Lipinski definition) is 5. The summed E-state index contributed by atoms with van der Waals surface area (Å²) in [4.78, 5) is 14.0. The van der Waals surface area contributed by atoms with Gasteiger partial charge in [0.2, 0.25) is 0 Å². The van der Waals surface area contributed by atoms with Crippen molar-refractivity contribution in [3.63, 3.8) is 0 Å². The summed E-state index contributed by atoms with van der Waals surface area (Å²) in [5, 5.41) is 13.8. The first-order valence-corrected chi connectivity index (χ1v) is 21.9. The van der Waals surface area contributed by atoms with Gasteiger partial charge < -0.3 is 10.4 Å². The van der Waals surface area contributed by atoms with E-state index in [-0.39, 0.29) is 11.0 Å². The summed E-state index contributed by atoms with van der Waals surface area (Å²) in [7, 11) is -2.35. The molecule has 0 bridgehead atoms. The number of benzene rings is 1. The first-order valence-electron chi connectivity index (χ1n) is 20.0. The van der Waals surface area contributed by atoms with Gasteiger partial charge in [-0.25, -0.2) is 4.79 Å². The molecular formula is C42H68N2O4S. The van der Waals surface area contributed by atoms with Gasteiger partial charge in [0.15, 0.2) is 0 Å². The van der Waals surface area contributed by atoms with Gasteiger partial charge in [0.05, 0.1) is 17.1 Å². The van der Waals surface area contributed by atoms with Crippen LogP contribution in [0.25, 0.3) is 0 Å². The first-order chi connectivity index (χ1) is 23.0. The van der Waals surface area contributed by atoms with Crippen LogP contribution in [0.4, 0.5) is 0 Å². The Labute approximate surface area is 299 Å². The van der Waals surface area contributed by atoms with Crippen molar-refractivity contribution >= 4 is 16.6 Å². The predicted molar refractivity (Wildman–Crippen MR) is 202 cm³/mol. The molecule has 7 rings (SSSR count). The highest BCUT2D eigenvalue weighted by molar-refractivity contribution is 8.24. The van der Waals surface area contributed by atoms with Gasteiger partial charge in [-0.15, -0.1) is 0 Å². The Morgan fingerprint density at radius 1 is 0.857 bits per heavy atom. The number of carbonyl (C=O) groups is 1. The summed E-state index contributed by atoms with van der Waals surface area (Å²) in [6, 6.07) is 7.85. The Kier molecular flexibility index (Phi) is 9.24. The lowest BCUT2D eigenvalue weighted by Crippen LogP contribution is -2.68. The minimum absolute atomic E-state index is 0.169. The molecule has 6 aliphatic rings. The van der Waals surface area contributed by atoms with Crippen LogP contribution in [0.1, 0.15) is 135 Å². The van der Waals surface area contributed by atoms with Crippen LogP contribution in [-0.4, -0.2) is 68.3 Å². The van der Waals surface area contributed by atoms with E-state index in [1.165, 1.54) is 69.8 Å². The van der Waals surface area contributed by atoms with E-state index in [1.807, 2.05) is 12.1 Å². The number of carboxylic acids is 1. The normalized spacial score (nSPS) is 45.1. The Morgan fingerprint density at radius 3 is 2.20 bits per heavy atom. The molecule has 276 valence electrons. The van der Waals surface area contributed by atoms with Crippen LogP contribution >= 0.6 is 10.6 Å². The lowest BCUT2D eigenvalue weighted by molar-refractivity contribution is -0.235. The first kappa shape index (κ1) is 36.2. The smallest absolute Gasteiger partial charge is 0.335 e. The molecule has 1 aromatic rings. The standard InChI is InChI=1S/C42H68N2O4S/c1-28(2)31-14-19-42(43-22-23-44-24-26-49(47,48)27-25-44)21-20-40(6)33(36(31)42)12-13-35-39(5)17-15-32(29-8-10-30(11-9-29)37(45)46)38(3,4)34(39)16-18-41(35,40)7/h8-11,28,31-36,43,47-48H,12-27H2,1-7H3,(H,45,46)/t31-,32+,33+,34-,35+,36+,39-,40+,41+,42-/m0/s1. The highest BCUT2D eigenvalue weighted by Crippen LogP contribution is 2.77. The van der Waals surface area contributed by atoms with Gasteiger partial charge in [0.1, 0.15) is 0 Å². The van der Waals surface area contributed by atoms with Crippen LogP contribution in [0, 0.1) is 57.2 Å². The van der Waals surface area contributed by atoms with E-state index in [4.69, 9.17) is 0 Å². The van der Waals surface area contributed by atoms with E-state index < -0.39 is 16.6 Å². The van der Waals surface area contributed by atoms with Crippen molar-refractivity contribution in [1.29, 1.82) is 0 Å². The Morgan fingerprint density at radius 2 is 1.55 bits per heavy atom. The van der Waals surface area contributed by atoms with Crippen LogP contribution in [0.15, 0.2) is 24.3 Å². The number of nitrogens with one attached hydrogen (secondary N) is 1. The fraction of sp³-hybridized carbons (Fsp3) is 0.833. The lowest BCUT2D eigenvalue weighted by Gasteiger charge is -2.73. The molecule has 1 aliphatic heterocycles. The molecular weight excluding hydrogens is 629 g/mol. The monoisotopic (exact) mass is 696 g/mol. The second kappa shape index (κ2) is 12.5. The second-order valence-corrected chi connectivity index (χ2v) is 22.0. The maximum atomic E-state index is 11.6. The average molecular weight is 697 g/mol. The average Bonchev–Trinajstić information content (AvgIpc) is 3.42. The van der Waals surface area contributed by atoms with Crippen molar-refractivity contribution in [2.75, 3.05) is 37.7 Å². The molecule has 6 nitrogen and oxygen atoms in total. The van der Waals surface area contributed by atoms with Crippen LogP contribution < -0.4 is 5.32 Å². The molecule has 1 heterocycles. The zero-order chi connectivity index (χ0) is 35.2. The summed E-state index contributed by atoms with van der Waals surface area (Å²) in [6.45, 7) is 21.9. The van der Waals surface area contributed by atoms with E-state index in [0.29, 0.717) is 51.1 Å². The molecule has 49 heavy (non-hydrogen) atoms. The third-order valence-electron chi connectivity index (χ3n) is 17.3. The fourth-order valence-corrected chi connectivity index (χ4v) is 15.9. The van der Waals surface area contributed by atoms with Crippen LogP contribution in [0.5, 0.6) is 0 Å². The summed E-state index contributed by atoms with van der Waals surface area (Å²) in [6.07, 6.45) is 13.2. The van der Waals surface area contributed by atoms with Crippen molar-refractivity contribution in [2.45, 2.75) is 124 Å². The Bertz CT molecular complexity index is 1390. The van der Waals surface area contributed by atoms with Gasteiger partial charge in [0.25, 0.3) is 0 Å². The minimum Gasteiger partial charge on any atom is -0.478 e. The zero-order valence-corrected chi connectivity index (χ0v) is 32.6. The fourth-order valence-electron chi connectivity index (χ4n) is 14.6. The number of aromatic carboxylic acids is 1. The van der Waals surface area contributed by atoms with E-state index in [0.717, 1.165) is 49.9 Å². The number of carboxylic acid groups (broad SMARTS) is 1. The van der Waals surface area contributed by atoms with Gasteiger partial charge in [0, 0.05) is 31.7 Å². The number of fused-ring (bicyclic) bond motifs is 7. The molecule has 0 amide bonds. The third-order valence-corrected chi connectivity index (χ3v) is 19.0. The molecule has 0 radical (unpaired) electrons. The summed E-state index contributed by atoms with van der Waals surface area (Å²) in [5.41, 5.74) is 3.17. The summed E-state index contributed by atoms with van der Waals surface area (Å²) < 4.78 is 20.3. The molecule has 6 fully saturated rings. The molecule has 0 unspecified atom stereocenters. The SMILES string of the molecule is CC(C)[C@@H]1CC[C@]2(NCCN3CCS(O)(O)CC3)CC[C@]3(C)[C@H](CC[C@@H]4[C@@]5(C)CC[C@H](c6ccc(C(=O)O)cc6)C(C)(C)[C@@H]5CC[C@]43C)[C@@H]12. The van der Waals surface area contributed by atoms with Gasteiger partial charge in [-0.1, -0.05) is 60.6 Å². The van der Waals surface area contributed by atoms with Crippen molar-refractivity contribution in [3.8, 4) is 0 Å². The summed E-state index contributed by atoms with van der Waals surface area (Å²) in [5.74, 6) is 5.13. The maximum Gasteiger partial charge on any atom is 0.335 e. The van der Waals surface area contributed by atoms with Crippen molar-refractivity contribution in [3.05, 3.63) is 35.4 Å². The van der Waals surface area contributed by atoms with Gasteiger partial charge in [-0.2, -0.15) is 10.6 Å². The summed E-state index contributed by atoms with van der Waals surface area (Å²) >= 11 is 0. The molecule has 5 aliphatic carbocycles. The quantitative estimate of drug-likeness (QED) is 0.227. The van der Waals surface area contributed by atoms with Gasteiger partial charge in [-0.05, 0) is 145 Å². The van der Waals surface area contributed by atoms with Crippen molar-refractivity contribution in [1.82, 2.24) is 10.2 Å². The molecule has 7 heteroatoms. The Balaban J connectivity index is 1.12. The molecule has 0 aromatic heterocycles. The van der Waals surface area contributed by atoms with Crippen molar-refractivity contribution < 1.29 is 19.0 Å². The maximum absolute atomic E-state index is 11.6. The molecule has 4 N–H and O–H groups in total. The number of rotatable bonds is 7. The Hall–Kier alpha value is -1.12. The highest BCUT2D eigenvalue weighted by Gasteiger charge is 2.71. The number of hydrogen-bond donors (Lipinski definition) is 4. The van der Waals surface area contributed by atoms with Crippen LogP contribution in [0.2, 0.25) is 0 Å². The van der Waals surface area contributed by atoms with Crippen LogP contribution in [0.3, 0.4) is 0 Å². The van der Waals surface area contributed by atoms with Gasteiger partial charge >= 0.3 is 5.97 Å². The predicted octanol–water partition coefficient (Wildman–Crippen LogP) is 9.61. The largest absolute Gasteiger partial charge is 0.478 e. The molecule has 0 spiro atoms. The minimum atomic E-state index is -2.35. The topological polar surface area (TPSA) is 93.0 Å². The van der Waals surface area contributed by atoms with Crippen LogP contribution in [-0.2, 0) is 0 Å². The van der Waals surface area contributed by atoms with E-state index in [2.05, 4.69) is 70.8 Å². The van der Waals surface area contributed by atoms with E-state index >= 15 is 0 Å². The molecule has 1 saturated heterocycles. The van der Waals surface area contributed by atoms with Crippen molar-refractivity contribution in [2.24, 2.45) is 57.2 Å². The molecule has 5 saturated carbocycles. The molecule has 10 atom stereocenters. The molecule has 1 aromatic carbocycles. The number of nitrogens with zero attached hydrogens (tertiary/aromatic N) is 1. The van der Waals surface area contributed by atoms with E-state index in [9.17, 15) is 19.0 Å². The lowest BCUT2D eigenvalue weighted by atomic mass is 9.32. The zero-order valence-electron chi connectivity index (χ0n) is 31.8. The van der Waals surface area contributed by atoms with Gasteiger partial charge in [-0.3, -0.25) is 14.0 Å².